The number of rotatable bonds is 4. The van der Waals surface area contributed by atoms with Crippen LogP contribution in [0.1, 0.15) is 28.2 Å². The fourth-order valence-electron chi connectivity index (χ4n) is 2.60. The predicted molar refractivity (Wildman–Crippen MR) is 75.7 cm³/mol. The lowest BCUT2D eigenvalue weighted by molar-refractivity contribution is 0.0491. The molecule has 1 saturated heterocycles. The molecule has 1 amide bonds. The van der Waals surface area contributed by atoms with Gasteiger partial charge in [-0.3, -0.25) is 9.69 Å². The van der Waals surface area contributed by atoms with Crippen molar-refractivity contribution in [2.45, 2.75) is 25.9 Å². The van der Waals surface area contributed by atoms with E-state index >= 15 is 0 Å². The maximum atomic E-state index is 12.3. The first-order chi connectivity index (χ1) is 9.65. The predicted octanol–water partition coefficient (Wildman–Crippen LogP) is 0.375. The molecule has 1 aromatic rings. The van der Waals surface area contributed by atoms with Gasteiger partial charge in [0.2, 0.25) is 0 Å². The van der Waals surface area contributed by atoms with Crippen molar-refractivity contribution in [3.63, 3.8) is 0 Å². The Labute approximate surface area is 122 Å². The third-order valence-corrected chi connectivity index (χ3v) is 4.93. The van der Waals surface area contributed by atoms with E-state index < -0.39 is 0 Å². The molecule has 0 unspecified atom stereocenters. The van der Waals surface area contributed by atoms with Crippen LogP contribution in [0.15, 0.2) is 0 Å². The Morgan fingerprint density at radius 3 is 2.65 bits per heavy atom. The molecule has 110 valence electrons. The zero-order valence-electron chi connectivity index (χ0n) is 11.7. The van der Waals surface area contributed by atoms with Gasteiger partial charge in [0, 0.05) is 32.7 Å². The van der Waals surface area contributed by atoms with Gasteiger partial charge in [0.15, 0.2) is 0 Å². The second kappa shape index (κ2) is 5.75. The second-order valence-electron chi connectivity index (χ2n) is 5.69. The lowest BCUT2D eigenvalue weighted by atomic mass is 10.2. The molecule has 0 spiro atoms. The van der Waals surface area contributed by atoms with E-state index in [1.807, 2.05) is 11.8 Å². The standard InChI is InChI=1S/C13H20N4O2S/c1-9-12(20-15-14-9)13(19)17-6-4-16(5-7-17)8-11(18)10-2-3-10/h10-11,18H,2-8H2,1H3/t11-/m1/s1. The zero-order chi connectivity index (χ0) is 14.1. The summed E-state index contributed by atoms with van der Waals surface area (Å²) in [6.45, 7) is 5.66. The van der Waals surface area contributed by atoms with Gasteiger partial charge in [-0.25, -0.2) is 0 Å². The molecule has 1 aromatic heterocycles. The molecule has 3 rings (SSSR count). The number of carbonyl (C=O) groups is 1. The largest absolute Gasteiger partial charge is 0.392 e. The molecule has 7 heteroatoms. The highest BCUT2D eigenvalue weighted by molar-refractivity contribution is 7.07. The van der Waals surface area contributed by atoms with E-state index in [2.05, 4.69) is 14.5 Å². The number of aromatic nitrogens is 2. The number of carbonyl (C=O) groups excluding carboxylic acids is 1. The van der Waals surface area contributed by atoms with Gasteiger partial charge in [-0.2, -0.15) is 0 Å². The van der Waals surface area contributed by atoms with Crippen LogP contribution in [-0.2, 0) is 0 Å². The fourth-order valence-corrected chi connectivity index (χ4v) is 3.22. The highest BCUT2D eigenvalue weighted by Crippen LogP contribution is 2.32. The molecule has 1 aliphatic carbocycles. The molecule has 20 heavy (non-hydrogen) atoms. The topological polar surface area (TPSA) is 69.6 Å². The van der Waals surface area contributed by atoms with E-state index in [9.17, 15) is 9.90 Å². The summed E-state index contributed by atoms with van der Waals surface area (Å²) in [5.41, 5.74) is 0.714. The van der Waals surface area contributed by atoms with Gasteiger partial charge < -0.3 is 10.0 Å². The van der Waals surface area contributed by atoms with Crippen LogP contribution in [0.25, 0.3) is 0 Å². The minimum atomic E-state index is -0.190. The van der Waals surface area contributed by atoms with E-state index in [0.29, 0.717) is 29.6 Å². The fraction of sp³-hybridized carbons (Fsp3) is 0.769. The maximum absolute atomic E-state index is 12.3. The number of aliphatic hydroxyl groups is 1. The maximum Gasteiger partial charge on any atom is 0.267 e. The molecular weight excluding hydrogens is 276 g/mol. The van der Waals surface area contributed by atoms with Crippen LogP contribution in [0.2, 0.25) is 0 Å². The summed E-state index contributed by atoms with van der Waals surface area (Å²) >= 11 is 1.17. The third-order valence-electron chi connectivity index (χ3n) is 4.12. The molecule has 0 aromatic carbocycles. The van der Waals surface area contributed by atoms with Crippen molar-refractivity contribution in [1.29, 1.82) is 0 Å². The van der Waals surface area contributed by atoms with Gasteiger partial charge in [-0.15, -0.1) is 5.10 Å². The minimum Gasteiger partial charge on any atom is -0.392 e. The van der Waals surface area contributed by atoms with Crippen LogP contribution in [0, 0.1) is 12.8 Å². The van der Waals surface area contributed by atoms with Crippen molar-refractivity contribution in [1.82, 2.24) is 19.4 Å². The molecule has 2 heterocycles. The van der Waals surface area contributed by atoms with E-state index in [1.54, 1.807) is 0 Å². The Morgan fingerprint density at radius 1 is 1.40 bits per heavy atom. The quantitative estimate of drug-likeness (QED) is 0.869. The van der Waals surface area contributed by atoms with Gasteiger partial charge in [0.05, 0.1) is 11.8 Å². The van der Waals surface area contributed by atoms with Crippen molar-refractivity contribution < 1.29 is 9.90 Å². The number of nitrogens with zero attached hydrogens (tertiary/aromatic N) is 4. The smallest absolute Gasteiger partial charge is 0.267 e. The Bertz CT molecular complexity index is 480. The minimum absolute atomic E-state index is 0.0416. The van der Waals surface area contributed by atoms with E-state index in [4.69, 9.17) is 0 Å². The zero-order valence-corrected chi connectivity index (χ0v) is 12.5. The normalized spacial score (nSPS) is 22.0. The third kappa shape index (κ3) is 2.99. The Kier molecular flexibility index (Phi) is 4.00. The van der Waals surface area contributed by atoms with Crippen molar-refractivity contribution in [3.8, 4) is 0 Å². The average molecular weight is 296 g/mol. The Morgan fingerprint density at radius 2 is 2.10 bits per heavy atom. The average Bonchev–Trinajstić information content (AvgIpc) is 3.21. The van der Waals surface area contributed by atoms with Gasteiger partial charge in [-0.05, 0) is 37.2 Å². The van der Waals surface area contributed by atoms with Gasteiger partial charge in [-0.1, -0.05) is 4.49 Å². The number of amides is 1. The van der Waals surface area contributed by atoms with Crippen molar-refractivity contribution in [2.75, 3.05) is 32.7 Å². The Hall–Kier alpha value is -1.05. The van der Waals surface area contributed by atoms with Crippen LogP contribution in [-0.4, -0.2) is 69.2 Å². The first kappa shape index (κ1) is 13.9. The number of aryl methyl sites for hydroxylation is 1. The summed E-state index contributed by atoms with van der Waals surface area (Å²) in [4.78, 5) is 17.1. The molecule has 1 aliphatic heterocycles. The van der Waals surface area contributed by atoms with Crippen LogP contribution >= 0.6 is 11.5 Å². The summed E-state index contributed by atoms with van der Waals surface area (Å²) in [7, 11) is 0. The van der Waals surface area contributed by atoms with Crippen LogP contribution in [0.5, 0.6) is 0 Å². The lowest BCUT2D eigenvalue weighted by Crippen LogP contribution is -2.50. The second-order valence-corrected chi connectivity index (χ2v) is 6.44. The van der Waals surface area contributed by atoms with E-state index in [1.165, 1.54) is 11.5 Å². The van der Waals surface area contributed by atoms with Crippen molar-refractivity contribution >= 4 is 17.4 Å². The number of hydrogen-bond acceptors (Lipinski definition) is 6. The first-order valence-electron chi connectivity index (χ1n) is 7.14. The van der Waals surface area contributed by atoms with Crippen LogP contribution in [0.4, 0.5) is 0 Å². The molecule has 2 aliphatic rings. The SMILES string of the molecule is Cc1nnsc1C(=O)N1CCN(C[C@@H](O)C2CC2)CC1. The summed E-state index contributed by atoms with van der Waals surface area (Å²) in [5, 5.41) is 13.9. The number of β-amino-alcohol motifs (C(OH)–C–C–N with tert-alkyl or cyclic N) is 1. The number of piperazine rings is 1. The van der Waals surface area contributed by atoms with Crippen LogP contribution < -0.4 is 0 Å². The summed E-state index contributed by atoms with van der Waals surface area (Å²) in [6.07, 6.45) is 2.14. The summed E-state index contributed by atoms with van der Waals surface area (Å²) in [6, 6.07) is 0. The van der Waals surface area contributed by atoms with E-state index in [0.717, 1.165) is 32.5 Å². The molecule has 1 saturated carbocycles. The van der Waals surface area contributed by atoms with Gasteiger partial charge in [0.1, 0.15) is 4.88 Å². The van der Waals surface area contributed by atoms with Crippen molar-refractivity contribution in [3.05, 3.63) is 10.6 Å². The molecule has 2 fully saturated rings. The number of aliphatic hydroxyl groups excluding tert-OH is 1. The first-order valence-corrected chi connectivity index (χ1v) is 7.91. The van der Waals surface area contributed by atoms with Gasteiger partial charge in [0.25, 0.3) is 5.91 Å². The highest BCUT2D eigenvalue weighted by Gasteiger charge is 2.32. The lowest BCUT2D eigenvalue weighted by Gasteiger charge is -2.35. The molecule has 1 N–H and O–H groups in total. The monoisotopic (exact) mass is 296 g/mol. The van der Waals surface area contributed by atoms with E-state index in [-0.39, 0.29) is 12.0 Å². The molecule has 6 nitrogen and oxygen atoms in total. The molecule has 1 atom stereocenters. The van der Waals surface area contributed by atoms with Crippen LogP contribution in [0.3, 0.4) is 0 Å². The molecule has 0 bridgehead atoms. The highest BCUT2D eigenvalue weighted by atomic mass is 32.1. The summed E-state index contributed by atoms with van der Waals surface area (Å²) < 4.78 is 3.82. The van der Waals surface area contributed by atoms with Gasteiger partial charge >= 0.3 is 0 Å². The number of hydrogen-bond donors (Lipinski definition) is 1. The molecular formula is C13H20N4O2S. The Balaban J connectivity index is 1.50. The summed E-state index contributed by atoms with van der Waals surface area (Å²) in [5.74, 6) is 0.556. The molecule has 0 radical (unpaired) electrons. The van der Waals surface area contributed by atoms with Crippen molar-refractivity contribution in [2.24, 2.45) is 5.92 Å².